The highest BCUT2D eigenvalue weighted by atomic mass is 32.2. The van der Waals surface area contributed by atoms with Crippen LogP contribution in [0.1, 0.15) is 40.0 Å². The Bertz CT molecular complexity index is 425. The first kappa shape index (κ1) is 20.3. The van der Waals surface area contributed by atoms with E-state index in [1.165, 1.54) is 0 Å². The minimum atomic E-state index is -3.84. The van der Waals surface area contributed by atoms with Crippen molar-refractivity contribution in [1.29, 1.82) is 0 Å². The Kier molecular flexibility index (Phi) is 7.84. The van der Waals surface area contributed by atoms with Gasteiger partial charge in [-0.3, -0.25) is 9.35 Å². The number of rotatable bonds is 9. The van der Waals surface area contributed by atoms with E-state index >= 15 is 0 Å². The Morgan fingerprint density at radius 2 is 1.62 bits per heavy atom. The first-order valence-corrected chi connectivity index (χ1v) is 9.00. The van der Waals surface area contributed by atoms with Crippen molar-refractivity contribution >= 4 is 16.0 Å². The van der Waals surface area contributed by atoms with Gasteiger partial charge in [-0.25, -0.2) is 0 Å². The van der Waals surface area contributed by atoms with E-state index in [0.717, 1.165) is 30.4 Å². The molecular formula is C14H31N2O4S+. The predicted octanol–water partition coefficient (Wildman–Crippen LogP) is 1.28. The zero-order valence-corrected chi connectivity index (χ0v) is 14.8. The van der Waals surface area contributed by atoms with Crippen LogP contribution in [0.5, 0.6) is 0 Å². The van der Waals surface area contributed by atoms with Gasteiger partial charge in [-0.1, -0.05) is 20.8 Å². The van der Waals surface area contributed by atoms with Crippen LogP contribution in [0.15, 0.2) is 0 Å². The molecule has 0 rings (SSSR count). The van der Waals surface area contributed by atoms with Gasteiger partial charge in [-0.2, -0.15) is 8.42 Å². The summed E-state index contributed by atoms with van der Waals surface area (Å²) in [6.45, 7) is 8.08. The summed E-state index contributed by atoms with van der Waals surface area (Å²) in [5.41, 5.74) is -0.361. The molecule has 126 valence electrons. The summed E-state index contributed by atoms with van der Waals surface area (Å²) in [6, 6.07) is 0. The number of carbonyl (C=O) groups is 1. The second kappa shape index (κ2) is 8.10. The molecule has 6 nitrogen and oxygen atoms in total. The van der Waals surface area contributed by atoms with E-state index < -0.39 is 10.1 Å². The van der Waals surface area contributed by atoms with Crippen molar-refractivity contribution in [3.8, 4) is 0 Å². The molecule has 0 aromatic carbocycles. The number of amides is 1. The molecule has 0 radical (unpaired) electrons. The van der Waals surface area contributed by atoms with E-state index in [9.17, 15) is 13.2 Å². The normalized spacial score (nSPS) is 13.2. The van der Waals surface area contributed by atoms with Gasteiger partial charge in [0.05, 0.1) is 32.9 Å². The van der Waals surface area contributed by atoms with Gasteiger partial charge in [-0.05, 0) is 12.8 Å². The standard InChI is InChI=1S/C14H30N2O4S/c1-14(2,3)13(17)15-9-8-11-16(4,5)10-6-7-12-21(18,19)20/h6-12H2,1-5H3,(H-,15,17,18,19,20)/p+1. The van der Waals surface area contributed by atoms with Crippen molar-refractivity contribution < 1.29 is 22.2 Å². The summed E-state index contributed by atoms with van der Waals surface area (Å²) in [5, 5.41) is 2.92. The Balaban J connectivity index is 3.85. The second-order valence-corrected chi connectivity index (χ2v) is 8.81. The lowest BCUT2D eigenvalue weighted by molar-refractivity contribution is -0.890. The first-order valence-electron chi connectivity index (χ1n) is 7.39. The predicted molar refractivity (Wildman–Crippen MR) is 84.6 cm³/mol. The molecule has 0 aliphatic rings. The van der Waals surface area contributed by atoms with E-state index in [4.69, 9.17) is 4.55 Å². The van der Waals surface area contributed by atoms with Crippen molar-refractivity contribution in [3.05, 3.63) is 0 Å². The van der Waals surface area contributed by atoms with Crippen LogP contribution >= 0.6 is 0 Å². The van der Waals surface area contributed by atoms with Crippen molar-refractivity contribution in [2.45, 2.75) is 40.0 Å². The highest BCUT2D eigenvalue weighted by Gasteiger charge is 2.21. The van der Waals surface area contributed by atoms with Crippen LogP contribution in [0, 0.1) is 5.41 Å². The second-order valence-electron chi connectivity index (χ2n) is 7.24. The number of nitrogens with one attached hydrogen (secondary N) is 1. The zero-order valence-electron chi connectivity index (χ0n) is 14.0. The van der Waals surface area contributed by atoms with Gasteiger partial charge in [0.25, 0.3) is 10.1 Å². The third-order valence-corrected chi connectivity index (χ3v) is 4.13. The molecular weight excluding hydrogens is 292 g/mol. The molecule has 2 N–H and O–H groups in total. The molecule has 0 aromatic heterocycles. The van der Waals surface area contributed by atoms with Crippen LogP contribution in [0.3, 0.4) is 0 Å². The highest BCUT2D eigenvalue weighted by molar-refractivity contribution is 7.85. The maximum absolute atomic E-state index is 11.7. The SMILES string of the molecule is CC(C)(C)C(=O)NCCC[N+](C)(C)CCCCS(=O)(=O)O. The van der Waals surface area contributed by atoms with E-state index in [2.05, 4.69) is 19.4 Å². The molecule has 0 aromatic rings. The molecule has 0 fully saturated rings. The Morgan fingerprint density at radius 3 is 2.10 bits per heavy atom. The summed E-state index contributed by atoms with van der Waals surface area (Å²) >= 11 is 0. The minimum absolute atomic E-state index is 0.0564. The minimum Gasteiger partial charge on any atom is -0.355 e. The summed E-state index contributed by atoms with van der Waals surface area (Å²) < 4.78 is 30.7. The molecule has 0 unspecified atom stereocenters. The molecule has 0 spiro atoms. The fraction of sp³-hybridized carbons (Fsp3) is 0.929. The fourth-order valence-electron chi connectivity index (χ4n) is 1.91. The fourth-order valence-corrected chi connectivity index (χ4v) is 2.48. The molecule has 0 atom stereocenters. The van der Waals surface area contributed by atoms with Gasteiger partial charge in [0, 0.05) is 18.4 Å². The van der Waals surface area contributed by atoms with E-state index in [1.807, 2.05) is 20.8 Å². The maximum atomic E-state index is 11.7. The number of carbonyl (C=O) groups excluding carboxylic acids is 1. The van der Waals surface area contributed by atoms with Gasteiger partial charge in [0.1, 0.15) is 0 Å². The van der Waals surface area contributed by atoms with E-state index in [-0.39, 0.29) is 17.1 Å². The monoisotopic (exact) mass is 323 g/mol. The molecule has 0 bridgehead atoms. The largest absolute Gasteiger partial charge is 0.355 e. The summed E-state index contributed by atoms with van der Waals surface area (Å²) in [6.07, 6.45) is 2.11. The van der Waals surface area contributed by atoms with Crippen LogP contribution in [-0.4, -0.2) is 62.8 Å². The molecule has 7 heteroatoms. The van der Waals surface area contributed by atoms with E-state index in [1.54, 1.807) is 0 Å². The van der Waals surface area contributed by atoms with Gasteiger partial charge >= 0.3 is 0 Å². The molecule has 0 aliphatic heterocycles. The number of hydrogen-bond acceptors (Lipinski definition) is 3. The Hall–Kier alpha value is -0.660. The number of hydrogen-bond donors (Lipinski definition) is 2. The topological polar surface area (TPSA) is 83.5 Å². The smallest absolute Gasteiger partial charge is 0.264 e. The van der Waals surface area contributed by atoms with Crippen LogP contribution in [-0.2, 0) is 14.9 Å². The molecule has 0 saturated heterocycles. The third-order valence-electron chi connectivity index (χ3n) is 3.32. The van der Waals surface area contributed by atoms with Gasteiger partial charge in [0.2, 0.25) is 5.91 Å². The van der Waals surface area contributed by atoms with Crippen molar-refractivity contribution in [2.24, 2.45) is 5.41 Å². The lowest BCUT2D eigenvalue weighted by atomic mass is 9.96. The average molecular weight is 323 g/mol. The van der Waals surface area contributed by atoms with Gasteiger partial charge in [0.15, 0.2) is 0 Å². The summed E-state index contributed by atoms with van der Waals surface area (Å²) in [4.78, 5) is 11.7. The van der Waals surface area contributed by atoms with Gasteiger partial charge < -0.3 is 9.80 Å². The molecule has 1 amide bonds. The van der Waals surface area contributed by atoms with Gasteiger partial charge in [-0.15, -0.1) is 0 Å². The lowest BCUT2D eigenvalue weighted by Gasteiger charge is -2.30. The van der Waals surface area contributed by atoms with Crippen molar-refractivity contribution in [3.63, 3.8) is 0 Å². The molecule has 0 saturated carbocycles. The maximum Gasteiger partial charge on any atom is 0.264 e. The number of unbranched alkanes of at least 4 members (excludes halogenated alkanes) is 1. The quantitative estimate of drug-likeness (QED) is 0.380. The Labute approximate surface area is 129 Å². The molecule has 0 aliphatic carbocycles. The van der Waals surface area contributed by atoms with Crippen LogP contribution in [0.4, 0.5) is 0 Å². The Morgan fingerprint density at radius 1 is 1.10 bits per heavy atom. The molecule has 21 heavy (non-hydrogen) atoms. The van der Waals surface area contributed by atoms with Crippen LogP contribution in [0.25, 0.3) is 0 Å². The molecule has 0 heterocycles. The van der Waals surface area contributed by atoms with Crippen LogP contribution < -0.4 is 5.32 Å². The average Bonchev–Trinajstić information content (AvgIpc) is 2.27. The van der Waals surface area contributed by atoms with E-state index in [0.29, 0.717) is 13.0 Å². The number of quaternary nitrogens is 1. The third kappa shape index (κ3) is 11.7. The zero-order chi connectivity index (χ0) is 16.7. The summed E-state index contributed by atoms with van der Waals surface area (Å²) in [7, 11) is 0.324. The van der Waals surface area contributed by atoms with Crippen molar-refractivity contribution in [1.82, 2.24) is 5.32 Å². The first-order chi connectivity index (χ1) is 9.33. The van der Waals surface area contributed by atoms with Crippen molar-refractivity contribution in [2.75, 3.05) is 39.5 Å². The highest BCUT2D eigenvalue weighted by Crippen LogP contribution is 2.12. The number of nitrogens with zero attached hydrogens (tertiary/aromatic N) is 1. The van der Waals surface area contributed by atoms with Crippen LogP contribution in [0.2, 0.25) is 0 Å². The lowest BCUT2D eigenvalue weighted by Crippen LogP contribution is -2.43. The summed E-state index contributed by atoms with van der Waals surface area (Å²) in [5.74, 6) is -0.116.